The van der Waals surface area contributed by atoms with Gasteiger partial charge in [0.25, 0.3) is 0 Å². The fraction of sp³-hybridized carbons (Fsp3) is 0.130. The van der Waals surface area contributed by atoms with Crippen molar-refractivity contribution in [3.63, 3.8) is 0 Å². The zero-order valence-corrected chi connectivity index (χ0v) is 17.5. The minimum Gasteiger partial charge on any atom is -0.486 e. The third kappa shape index (κ3) is 4.67. The molecule has 4 rings (SSSR count). The molecular weight excluding hydrogens is 441 g/mol. The van der Waals surface area contributed by atoms with Crippen LogP contribution in [0, 0.1) is 0 Å². The van der Waals surface area contributed by atoms with Gasteiger partial charge >= 0.3 is 12.3 Å². The second-order valence-corrected chi connectivity index (χ2v) is 7.97. The van der Waals surface area contributed by atoms with E-state index < -0.39 is 23.9 Å². The monoisotopic (exact) mass is 458 g/mol. The van der Waals surface area contributed by atoms with Gasteiger partial charge in [-0.15, -0.1) is 11.3 Å². The van der Waals surface area contributed by atoms with Crippen LogP contribution < -0.4 is 15.2 Å². The number of hydrogen-bond acceptors (Lipinski definition) is 5. The largest absolute Gasteiger partial charge is 0.486 e. The molecular formula is C23H17F3N2O3S. The van der Waals surface area contributed by atoms with E-state index in [0.717, 1.165) is 26.9 Å². The first-order chi connectivity index (χ1) is 15.2. The van der Waals surface area contributed by atoms with Gasteiger partial charge < -0.3 is 15.2 Å². The zero-order valence-electron chi connectivity index (χ0n) is 16.7. The van der Waals surface area contributed by atoms with Crippen molar-refractivity contribution in [1.29, 1.82) is 0 Å². The number of benzene rings is 3. The predicted octanol–water partition coefficient (Wildman–Crippen LogP) is 6.58. The molecule has 1 unspecified atom stereocenters. The third-order valence-electron chi connectivity index (χ3n) is 4.70. The molecule has 2 N–H and O–H groups in total. The van der Waals surface area contributed by atoms with Crippen LogP contribution in [0.4, 0.5) is 18.0 Å². The fourth-order valence-corrected chi connectivity index (χ4v) is 4.26. The number of rotatable bonds is 5. The first-order valence-corrected chi connectivity index (χ1v) is 10.3. The highest BCUT2D eigenvalue weighted by molar-refractivity contribution is 7.21. The van der Waals surface area contributed by atoms with Crippen LogP contribution in [0.5, 0.6) is 11.5 Å². The van der Waals surface area contributed by atoms with Gasteiger partial charge in [-0.05, 0) is 55.5 Å². The Balaban J connectivity index is 1.57. The summed E-state index contributed by atoms with van der Waals surface area (Å²) in [5.74, 6) is 0.772. The molecule has 3 aromatic carbocycles. The van der Waals surface area contributed by atoms with Crippen LogP contribution in [0.1, 0.15) is 24.2 Å². The van der Waals surface area contributed by atoms with Gasteiger partial charge in [-0.2, -0.15) is 13.2 Å². The average Bonchev–Trinajstić information content (AvgIpc) is 3.16. The van der Waals surface area contributed by atoms with Crippen molar-refractivity contribution in [3.05, 3.63) is 77.9 Å². The highest BCUT2D eigenvalue weighted by atomic mass is 32.1. The maximum Gasteiger partial charge on any atom is 0.416 e. The van der Waals surface area contributed by atoms with Gasteiger partial charge in [-0.1, -0.05) is 18.2 Å². The minimum absolute atomic E-state index is 0.0726. The SMILES string of the molecule is CC(Oc1ccc2nc(-c3ccc(OC(N)=O)cc3)sc2c1)c1ccccc1C(F)(F)F. The van der Waals surface area contributed by atoms with E-state index in [4.69, 9.17) is 15.2 Å². The van der Waals surface area contributed by atoms with Crippen molar-refractivity contribution in [1.82, 2.24) is 4.98 Å². The summed E-state index contributed by atoms with van der Waals surface area (Å²) in [6.45, 7) is 1.59. The van der Waals surface area contributed by atoms with Gasteiger partial charge in [0.1, 0.15) is 22.6 Å². The number of primary amides is 1. The zero-order chi connectivity index (χ0) is 22.9. The number of aromatic nitrogens is 1. The Labute approximate surface area is 185 Å². The van der Waals surface area contributed by atoms with Crippen LogP contribution in [0.2, 0.25) is 0 Å². The van der Waals surface area contributed by atoms with Crippen molar-refractivity contribution in [2.24, 2.45) is 5.73 Å². The Morgan fingerprint density at radius 1 is 1.03 bits per heavy atom. The van der Waals surface area contributed by atoms with Crippen molar-refractivity contribution in [3.8, 4) is 22.1 Å². The predicted molar refractivity (Wildman–Crippen MR) is 116 cm³/mol. The standard InChI is InChI=1S/C23H17F3N2O3S/c1-13(17-4-2-3-5-18(17)23(24,25)26)30-16-10-11-19-20(12-16)32-21(28-19)14-6-8-15(9-7-14)31-22(27)29/h2-13H,1H3,(H2,27,29). The molecule has 0 saturated carbocycles. The molecule has 1 aromatic heterocycles. The van der Waals surface area contributed by atoms with Gasteiger partial charge in [0.05, 0.1) is 15.8 Å². The molecule has 164 valence electrons. The molecule has 0 radical (unpaired) electrons. The Morgan fingerprint density at radius 2 is 1.72 bits per heavy atom. The van der Waals surface area contributed by atoms with Crippen LogP contribution in [-0.4, -0.2) is 11.1 Å². The molecule has 0 fully saturated rings. The molecule has 4 aromatic rings. The smallest absolute Gasteiger partial charge is 0.416 e. The number of ether oxygens (including phenoxy) is 2. The molecule has 5 nitrogen and oxygen atoms in total. The number of hydrogen-bond donors (Lipinski definition) is 1. The number of amides is 1. The van der Waals surface area contributed by atoms with Crippen LogP contribution in [-0.2, 0) is 6.18 Å². The van der Waals surface area contributed by atoms with E-state index in [9.17, 15) is 18.0 Å². The first kappa shape index (κ1) is 21.6. The molecule has 1 atom stereocenters. The Bertz CT molecular complexity index is 1270. The van der Waals surface area contributed by atoms with E-state index in [1.54, 1.807) is 55.5 Å². The summed E-state index contributed by atoms with van der Waals surface area (Å²) in [7, 11) is 0. The van der Waals surface area contributed by atoms with Crippen molar-refractivity contribution < 1.29 is 27.4 Å². The van der Waals surface area contributed by atoms with Crippen LogP contribution >= 0.6 is 11.3 Å². The lowest BCUT2D eigenvalue weighted by atomic mass is 10.0. The summed E-state index contributed by atoms with van der Waals surface area (Å²) < 4.78 is 51.4. The number of fused-ring (bicyclic) bond motifs is 1. The van der Waals surface area contributed by atoms with E-state index in [-0.39, 0.29) is 5.56 Å². The number of alkyl halides is 3. The van der Waals surface area contributed by atoms with Crippen LogP contribution in [0.25, 0.3) is 20.8 Å². The molecule has 9 heteroatoms. The quantitative estimate of drug-likeness (QED) is 0.367. The number of nitrogens with zero attached hydrogens (tertiary/aromatic N) is 1. The Kier molecular flexibility index (Phi) is 5.75. The minimum atomic E-state index is -4.46. The highest BCUT2D eigenvalue weighted by Gasteiger charge is 2.34. The van der Waals surface area contributed by atoms with Gasteiger partial charge in [0, 0.05) is 11.1 Å². The normalized spacial score (nSPS) is 12.5. The Morgan fingerprint density at radius 3 is 2.41 bits per heavy atom. The summed E-state index contributed by atoms with van der Waals surface area (Å²) in [5.41, 5.74) is 5.91. The van der Waals surface area contributed by atoms with Crippen LogP contribution in [0.15, 0.2) is 66.7 Å². The maximum atomic E-state index is 13.3. The van der Waals surface area contributed by atoms with Gasteiger partial charge in [0.15, 0.2) is 0 Å². The van der Waals surface area contributed by atoms with Crippen molar-refractivity contribution >= 4 is 27.6 Å². The van der Waals surface area contributed by atoms with E-state index in [1.165, 1.54) is 23.5 Å². The van der Waals surface area contributed by atoms with Gasteiger partial charge in [-0.3, -0.25) is 0 Å². The Hall–Kier alpha value is -3.59. The van der Waals surface area contributed by atoms with Crippen LogP contribution in [0.3, 0.4) is 0 Å². The number of thiazole rings is 1. The summed E-state index contributed by atoms with van der Waals surface area (Å²) in [4.78, 5) is 15.4. The second-order valence-electron chi connectivity index (χ2n) is 6.94. The molecule has 0 aliphatic rings. The third-order valence-corrected chi connectivity index (χ3v) is 5.76. The maximum absolute atomic E-state index is 13.3. The summed E-state index contributed by atoms with van der Waals surface area (Å²) in [5, 5.41) is 0.734. The number of halogens is 3. The number of carbonyl (C=O) groups is 1. The molecule has 0 aliphatic heterocycles. The van der Waals surface area contributed by atoms with E-state index in [2.05, 4.69) is 4.98 Å². The highest BCUT2D eigenvalue weighted by Crippen LogP contribution is 2.37. The molecule has 0 aliphatic carbocycles. The molecule has 1 heterocycles. The topological polar surface area (TPSA) is 74.4 Å². The van der Waals surface area contributed by atoms with E-state index in [1.807, 2.05) is 0 Å². The number of carbonyl (C=O) groups excluding carboxylic acids is 1. The second kappa shape index (κ2) is 8.51. The summed E-state index contributed by atoms with van der Waals surface area (Å²) in [6.07, 6.45) is -6.14. The van der Waals surface area contributed by atoms with Gasteiger partial charge in [0.2, 0.25) is 0 Å². The van der Waals surface area contributed by atoms with Crippen molar-refractivity contribution in [2.75, 3.05) is 0 Å². The lowest BCUT2D eigenvalue weighted by Gasteiger charge is -2.19. The molecule has 1 amide bonds. The summed E-state index contributed by atoms with van der Waals surface area (Å²) >= 11 is 1.41. The molecule has 0 bridgehead atoms. The molecule has 0 saturated heterocycles. The molecule has 32 heavy (non-hydrogen) atoms. The van der Waals surface area contributed by atoms with Gasteiger partial charge in [-0.25, -0.2) is 9.78 Å². The average molecular weight is 458 g/mol. The van der Waals surface area contributed by atoms with E-state index >= 15 is 0 Å². The first-order valence-electron chi connectivity index (χ1n) is 9.52. The lowest BCUT2D eigenvalue weighted by Crippen LogP contribution is -2.16. The summed E-state index contributed by atoms with van der Waals surface area (Å²) in [6, 6.07) is 17.3. The number of nitrogens with two attached hydrogens (primary N) is 1. The van der Waals surface area contributed by atoms with E-state index in [0.29, 0.717) is 11.5 Å². The lowest BCUT2D eigenvalue weighted by molar-refractivity contribution is -0.138. The molecule has 0 spiro atoms. The fourth-order valence-electron chi connectivity index (χ4n) is 3.26. The van der Waals surface area contributed by atoms with Crippen molar-refractivity contribution in [2.45, 2.75) is 19.2 Å².